The maximum absolute atomic E-state index is 13.1. The van der Waals surface area contributed by atoms with E-state index in [1.165, 1.54) is 5.56 Å². The Balaban J connectivity index is 1.73. The first kappa shape index (κ1) is 18.0. The second kappa shape index (κ2) is 7.35. The summed E-state index contributed by atoms with van der Waals surface area (Å²) in [4.78, 5) is 17.5. The van der Waals surface area contributed by atoms with Crippen LogP contribution >= 0.6 is 0 Å². The minimum Gasteiger partial charge on any atom is -0.508 e. The van der Waals surface area contributed by atoms with E-state index in [-0.39, 0.29) is 11.5 Å². The molecule has 2 heterocycles. The highest BCUT2D eigenvalue weighted by Crippen LogP contribution is 2.35. The van der Waals surface area contributed by atoms with E-state index in [1.807, 2.05) is 19.1 Å². The number of nitrogens with one attached hydrogen (secondary N) is 2. The Hall–Kier alpha value is -3.34. The van der Waals surface area contributed by atoms with E-state index < -0.39 is 0 Å². The summed E-state index contributed by atoms with van der Waals surface area (Å²) in [7, 11) is 0. The maximum atomic E-state index is 13.1. The molecule has 142 valence electrons. The van der Waals surface area contributed by atoms with Crippen molar-refractivity contribution in [2.24, 2.45) is 0 Å². The minimum atomic E-state index is 0.0169. The molecule has 4 rings (SSSR count). The lowest BCUT2D eigenvalue weighted by Gasteiger charge is -2.15. The Labute approximate surface area is 164 Å². The van der Waals surface area contributed by atoms with Crippen LogP contribution in [0.15, 0.2) is 48.7 Å². The van der Waals surface area contributed by atoms with Crippen molar-refractivity contribution in [1.29, 1.82) is 0 Å². The van der Waals surface area contributed by atoms with Gasteiger partial charge in [0, 0.05) is 30.1 Å². The van der Waals surface area contributed by atoms with Gasteiger partial charge in [0.25, 0.3) is 0 Å². The number of carbonyl (C=O) groups is 1. The number of ketones is 1. The molecule has 1 aliphatic rings. The summed E-state index contributed by atoms with van der Waals surface area (Å²) in [5.74, 6) is 0.742. The average Bonchev–Trinajstić information content (AvgIpc) is 2.81. The molecule has 0 aliphatic carbocycles. The summed E-state index contributed by atoms with van der Waals surface area (Å²) in [6.07, 6.45) is 4.07. The Morgan fingerprint density at radius 2 is 2.00 bits per heavy atom. The zero-order valence-corrected chi connectivity index (χ0v) is 16.0. The number of fused-ring (bicyclic) bond motifs is 2. The van der Waals surface area contributed by atoms with Crippen molar-refractivity contribution >= 4 is 28.7 Å². The summed E-state index contributed by atoms with van der Waals surface area (Å²) in [6, 6.07) is 13.2. The molecule has 0 saturated heterocycles. The number of Topliss-reactive ketones (excluding diaryl/α,β-unsaturated/α-hetero) is 1. The zero-order chi connectivity index (χ0) is 19.7. The Morgan fingerprint density at radius 3 is 2.82 bits per heavy atom. The molecule has 0 fully saturated rings. The number of hydrogen-bond acceptors (Lipinski definition) is 5. The number of phenolic OH excluding ortho intramolecular Hbond substituents is 1. The van der Waals surface area contributed by atoms with Crippen molar-refractivity contribution in [3.05, 3.63) is 70.9 Å². The van der Waals surface area contributed by atoms with Crippen LogP contribution in [-0.2, 0) is 12.8 Å². The van der Waals surface area contributed by atoms with Crippen molar-refractivity contribution in [1.82, 2.24) is 4.98 Å². The van der Waals surface area contributed by atoms with Crippen molar-refractivity contribution < 1.29 is 9.90 Å². The van der Waals surface area contributed by atoms with Gasteiger partial charge in [0.2, 0.25) is 0 Å². The molecule has 0 amide bonds. The van der Waals surface area contributed by atoms with E-state index in [2.05, 4.69) is 34.7 Å². The van der Waals surface area contributed by atoms with Gasteiger partial charge in [0.15, 0.2) is 5.78 Å². The van der Waals surface area contributed by atoms with Crippen molar-refractivity contribution in [2.45, 2.75) is 33.1 Å². The van der Waals surface area contributed by atoms with E-state index in [0.29, 0.717) is 23.5 Å². The van der Waals surface area contributed by atoms with Gasteiger partial charge >= 0.3 is 0 Å². The van der Waals surface area contributed by atoms with E-state index >= 15 is 0 Å². The van der Waals surface area contributed by atoms with Crippen LogP contribution in [-0.4, -0.2) is 15.9 Å². The summed E-state index contributed by atoms with van der Waals surface area (Å²) in [6.45, 7) is 4.10. The molecule has 5 nitrogen and oxygen atoms in total. The lowest BCUT2D eigenvalue weighted by molar-refractivity contribution is 0.0995. The second-order valence-electron chi connectivity index (χ2n) is 7.17. The fourth-order valence-electron chi connectivity index (χ4n) is 3.58. The average molecular weight is 373 g/mol. The lowest BCUT2D eigenvalue weighted by Crippen LogP contribution is -2.08. The Kier molecular flexibility index (Phi) is 4.74. The van der Waals surface area contributed by atoms with Crippen LogP contribution in [0.4, 0.5) is 22.9 Å². The predicted octanol–water partition coefficient (Wildman–Crippen LogP) is 5.27. The number of pyridine rings is 1. The van der Waals surface area contributed by atoms with E-state index in [0.717, 1.165) is 35.3 Å². The summed E-state index contributed by atoms with van der Waals surface area (Å²) >= 11 is 0. The first-order chi connectivity index (χ1) is 13.5. The van der Waals surface area contributed by atoms with Gasteiger partial charge in [-0.05, 0) is 48.2 Å². The first-order valence-corrected chi connectivity index (χ1v) is 9.53. The fraction of sp³-hybridized carbons (Fsp3) is 0.217. The SMILES string of the molecule is CCCc1ccc2c(c1)CC(=O)c1c(Nc3cc(O)ccc3C)ccnc1N2. The number of nitrogens with zero attached hydrogens (tertiary/aromatic N) is 1. The second-order valence-corrected chi connectivity index (χ2v) is 7.17. The lowest BCUT2D eigenvalue weighted by atomic mass is 9.99. The minimum absolute atomic E-state index is 0.0169. The van der Waals surface area contributed by atoms with Gasteiger partial charge in [0.05, 0.1) is 11.3 Å². The predicted molar refractivity (Wildman–Crippen MR) is 112 cm³/mol. The number of aromatic nitrogens is 1. The quantitative estimate of drug-likeness (QED) is 0.581. The number of carbonyl (C=O) groups excluding carboxylic acids is 1. The molecule has 0 atom stereocenters. The van der Waals surface area contributed by atoms with Gasteiger partial charge in [-0.3, -0.25) is 4.79 Å². The largest absolute Gasteiger partial charge is 0.508 e. The Bertz CT molecular complexity index is 1060. The third kappa shape index (κ3) is 3.43. The van der Waals surface area contributed by atoms with Crippen molar-refractivity contribution in [2.75, 3.05) is 10.6 Å². The standard InChI is InChI=1S/C23H23N3O2/c1-3-4-15-6-8-18-16(11-15)12-21(28)22-19(9-10-24-23(22)26-18)25-20-13-17(27)7-5-14(20)2/h5-11,13,27H,3-4,12H2,1-2H3,(H2,24,25,26). The molecular weight excluding hydrogens is 350 g/mol. The van der Waals surface area contributed by atoms with Crippen LogP contribution in [0.1, 0.15) is 40.4 Å². The molecule has 3 N–H and O–H groups in total. The van der Waals surface area contributed by atoms with Crippen LogP contribution in [0.3, 0.4) is 0 Å². The van der Waals surface area contributed by atoms with Gasteiger partial charge in [-0.2, -0.15) is 0 Å². The van der Waals surface area contributed by atoms with Gasteiger partial charge in [-0.1, -0.05) is 31.5 Å². The number of rotatable bonds is 4. The molecule has 1 aromatic heterocycles. The maximum Gasteiger partial charge on any atom is 0.173 e. The number of aromatic hydroxyl groups is 1. The van der Waals surface area contributed by atoms with Crippen LogP contribution < -0.4 is 10.6 Å². The highest BCUT2D eigenvalue weighted by atomic mass is 16.3. The van der Waals surface area contributed by atoms with Crippen molar-refractivity contribution in [3.63, 3.8) is 0 Å². The molecule has 0 spiro atoms. The zero-order valence-electron chi connectivity index (χ0n) is 16.0. The number of hydrogen-bond donors (Lipinski definition) is 3. The van der Waals surface area contributed by atoms with E-state index in [9.17, 15) is 9.90 Å². The monoisotopic (exact) mass is 373 g/mol. The van der Waals surface area contributed by atoms with Crippen LogP contribution in [0.25, 0.3) is 0 Å². The van der Waals surface area contributed by atoms with Crippen molar-refractivity contribution in [3.8, 4) is 5.75 Å². The molecule has 1 aliphatic heterocycles. The molecule has 0 saturated carbocycles. The first-order valence-electron chi connectivity index (χ1n) is 9.53. The van der Waals surface area contributed by atoms with Crippen LogP contribution in [0.5, 0.6) is 5.75 Å². The molecule has 0 bridgehead atoms. The van der Waals surface area contributed by atoms with Gasteiger partial charge in [-0.15, -0.1) is 0 Å². The van der Waals surface area contributed by atoms with Gasteiger partial charge < -0.3 is 15.7 Å². The summed E-state index contributed by atoms with van der Waals surface area (Å²) in [5, 5.41) is 16.4. The summed E-state index contributed by atoms with van der Waals surface area (Å²) in [5.41, 5.74) is 6.11. The third-order valence-electron chi connectivity index (χ3n) is 5.03. The van der Waals surface area contributed by atoms with Crippen LogP contribution in [0, 0.1) is 6.92 Å². The third-order valence-corrected chi connectivity index (χ3v) is 5.03. The molecule has 3 aromatic rings. The molecule has 2 aromatic carbocycles. The smallest absolute Gasteiger partial charge is 0.173 e. The highest BCUT2D eigenvalue weighted by Gasteiger charge is 2.24. The molecule has 28 heavy (non-hydrogen) atoms. The number of benzene rings is 2. The van der Waals surface area contributed by atoms with E-state index in [4.69, 9.17) is 0 Å². The highest BCUT2D eigenvalue weighted by molar-refractivity contribution is 6.09. The number of anilines is 4. The molecule has 0 radical (unpaired) electrons. The number of aryl methyl sites for hydroxylation is 2. The van der Waals surface area contributed by atoms with Crippen LogP contribution in [0.2, 0.25) is 0 Å². The fourth-order valence-corrected chi connectivity index (χ4v) is 3.58. The molecule has 5 heteroatoms. The topological polar surface area (TPSA) is 74.2 Å². The van der Waals surface area contributed by atoms with E-state index in [1.54, 1.807) is 24.4 Å². The Morgan fingerprint density at radius 1 is 1.14 bits per heavy atom. The normalized spacial score (nSPS) is 12.6. The van der Waals surface area contributed by atoms with Gasteiger partial charge in [0.1, 0.15) is 11.6 Å². The molecular formula is C23H23N3O2. The summed E-state index contributed by atoms with van der Waals surface area (Å²) < 4.78 is 0. The van der Waals surface area contributed by atoms with Gasteiger partial charge in [-0.25, -0.2) is 4.98 Å². The molecule has 0 unspecified atom stereocenters. The number of phenols is 1.